The maximum atomic E-state index is 6.10. The van der Waals surface area contributed by atoms with E-state index >= 15 is 0 Å². The Morgan fingerprint density at radius 3 is 2.00 bits per heavy atom. The zero-order chi connectivity index (χ0) is 17.4. The highest BCUT2D eigenvalue weighted by Crippen LogP contribution is 2.39. The summed E-state index contributed by atoms with van der Waals surface area (Å²) in [6.07, 6.45) is 0. The van der Waals surface area contributed by atoms with E-state index in [2.05, 4.69) is 47.6 Å². The maximum absolute atomic E-state index is 6.10. The minimum atomic E-state index is -0.732. The molecule has 0 atom stereocenters. The van der Waals surface area contributed by atoms with E-state index in [1.54, 1.807) is 0 Å². The SMILES string of the molecule is Cc1cc(C(C)C)c(C(C)C)c(C)c1OB1Oc2ccccc2O1. The number of benzene rings is 2. The second kappa shape index (κ2) is 6.42. The minimum absolute atomic E-state index is 0.438. The first-order chi connectivity index (χ1) is 11.4. The van der Waals surface area contributed by atoms with Gasteiger partial charge in [-0.3, -0.25) is 0 Å². The van der Waals surface area contributed by atoms with Gasteiger partial charge in [0.15, 0.2) is 0 Å². The van der Waals surface area contributed by atoms with Crippen molar-refractivity contribution >= 4 is 7.32 Å². The summed E-state index contributed by atoms with van der Waals surface area (Å²) in [6, 6.07) is 9.87. The second-order valence-electron chi connectivity index (χ2n) is 7.05. The topological polar surface area (TPSA) is 27.7 Å². The van der Waals surface area contributed by atoms with Crippen LogP contribution in [-0.4, -0.2) is 7.32 Å². The van der Waals surface area contributed by atoms with Gasteiger partial charge in [0.25, 0.3) is 0 Å². The summed E-state index contributed by atoms with van der Waals surface area (Å²) >= 11 is 0. The number of aryl methyl sites for hydroxylation is 1. The molecular weight excluding hydrogens is 299 g/mol. The first kappa shape index (κ1) is 16.8. The summed E-state index contributed by atoms with van der Waals surface area (Å²) in [5.74, 6) is 3.23. The van der Waals surface area contributed by atoms with Crippen LogP contribution in [0, 0.1) is 13.8 Å². The monoisotopic (exact) mass is 324 g/mol. The molecule has 1 aliphatic rings. The Bertz CT molecular complexity index is 728. The van der Waals surface area contributed by atoms with Crippen LogP contribution >= 0.6 is 0 Å². The van der Waals surface area contributed by atoms with Gasteiger partial charge in [0, 0.05) is 0 Å². The molecule has 3 rings (SSSR count). The molecule has 126 valence electrons. The number of hydrogen-bond donors (Lipinski definition) is 0. The highest BCUT2D eigenvalue weighted by Gasteiger charge is 2.38. The van der Waals surface area contributed by atoms with Crippen molar-refractivity contribution in [1.29, 1.82) is 0 Å². The zero-order valence-electron chi connectivity index (χ0n) is 15.3. The Kier molecular flexibility index (Phi) is 4.48. The van der Waals surface area contributed by atoms with Crippen molar-refractivity contribution in [2.45, 2.75) is 53.4 Å². The lowest BCUT2D eigenvalue weighted by Crippen LogP contribution is -2.33. The summed E-state index contributed by atoms with van der Waals surface area (Å²) in [6.45, 7) is 13.1. The van der Waals surface area contributed by atoms with E-state index in [4.69, 9.17) is 14.0 Å². The molecule has 0 aromatic heterocycles. The molecule has 0 fully saturated rings. The van der Waals surface area contributed by atoms with Gasteiger partial charge in [0.2, 0.25) is 0 Å². The minimum Gasteiger partial charge on any atom is -0.489 e. The fraction of sp³-hybridized carbons (Fsp3) is 0.400. The molecule has 4 heteroatoms. The average Bonchev–Trinajstić information content (AvgIpc) is 2.92. The number of para-hydroxylation sites is 2. The Hall–Kier alpha value is -2.10. The molecular formula is C20H25BO3. The van der Waals surface area contributed by atoms with E-state index in [1.165, 1.54) is 16.7 Å². The molecule has 2 aromatic carbocycles. The van der Waals surface area contributed by atoms with Gasteiger partial charge in [-0.2, -0.15) is 0 Å². The van der Waals surface area contributed by atoms with Crippen molar-refractivity contribution < 1.29 is 14.0 Å². The van der Waals surface area contributed by atoms with Gasteiger partial charge in [-0.05, 0) is 60.1 Å². The molecule has 3 nitrogen and oxygen atoms in total. The number of fused-ring (bicyclic) bond motifs is 1. The van der Waals surface area contributed by atoms with Gasteiger partial charge < -0.3 is 14.0 Å². The van der Waals surface area contributed by atoms with Crippen molar-refractivity contribution in [3.63, 3.8) is 0 Å². The third kappa shape index (κ3) is 2.97. The summed E-state index contributed by atoms with van der Waals surface area (Å²) in [4.78, 5) is 0. The van der Waals surface area contributed by atoms with Crippen molar-refractivity contribution in [1.82, 2.24) is 0 Å². The van der Waals surface area contributed by atoms with Gasteiger partial charge in [-0.15, -0.1) is 0 Å². The van der Waals surface area contributed by atoms with Crippen molar-refractivity contribution in [2.24, 2.45) is 0 Å². The van der Waals surface area contributed by atoms with Gasteiger partial charge in [0.05, 0.1) is 0 Å². The van der Waals surface area contributed by atoms with Crippen molar-refractivity contribution in [3.05, 3.63) is 52.6 Å². The van der Waals surface area contributed by atoms with Crippen molar-refractivity contribution in [3.8, 4) is 17.2 Å². The van der Waals surface area contributed by atoms with E-state index in [9.17, 15) is 0 Å². The van der Waals surface area contributed by atoms with Gasteiger partial charge in [0.1, 0.15) is 17.2 Å². The second-order valence-corrected chi connectivity index (χ2v) is 7.05. The summed E-state index contributed by atoms with van der Waals surface area (Å²) in [7, 11) is -0.732. The molecule has 0 saturated carbocycles. The molecule has 0 N–H and O–H groups in total. The van der Waals surface area contributed by atoms with E-state index in [-0.39, 0.29) is 0 Å². The number of hydrogen-bond acceptors (Lipinski definition) is 3. The van der Waals surface area contributed by atoms with Crippen LogP contribution in [0.5, 0.6) is 17.2 Å². The highest BCUT2D eigenvalue weighted by atomic mass is 16.8. The van der Waals surface area contributed by atoms with Crippen LogP contribution in [0.2, 0.25) is 0 Å². The molecule has 2 aromatic rings. The lowest BCUT2D eigenvalue weighted by Gasteiger charge is -2.23. The average molecular weight is 324 g/mol. The van der Waals surface area contributed by atoms with E-state index in [0.29, 0.717) is 11.8 Å². The fourth-order valence-electron chi connectivity index (χ4n) is 3.46. The zero-order valence-corrected chi connectivity index (χ0v) is 15.3. The Balaban J connectivity index is 1.93. The molecule has 1 aliphatic heterocycles. The third-order valence-electron chi connectivity index (χ3n) is 4.49. The van der Waals surface area contributed by atoms with Gasteiger partial charge in [-0.25, -0.2) is 0 Å². The van der Waals surface area contributed by atoms with Crippen LogP contribution in [0.15, 0.2) is 30.3 Å². The molecule has 0 aliphatic carbocycles. The third-order valence-corrected chi connectivity index (χ3v) is 4.49. The largest absolute Gasteiger partial charge is 0.864 e. The van der Waals surface area contributed by atoms with Crippen LogP contribution in [0.25, 0.3) is 0 Å². The van der Waals surface area contributed by atoms with Crippen LogP contribution in [0.1, 0.15) is 61.8 Å². The molecule has 0 radical (unpaired) electrons. The maximum Gasteiger partial charge on any atom is 0.864 e. The van der Waals surface area contributed by atoms with E-state index in [1.807, 2.05) is 24.3 Å². The predicted molar refractivity (Wildman–Crippen MR) is 98.2 cm³/mol. The van der Waals surface area contributed by atoms with E-state index in [0.717, 1.165) is 22.8 Å². The van der Waals surface area contributed by atoms with Crippen LogP contribution in [0.3, 0.4) is 0 Å². The molecule has 0 spiro atoms. The standard InChI is InChI=1S/C20H25BO3/c1-12(2)16-11-14(5)20(15(6)19(16)13(3)4)24-21-22-17-9-7-8-10-18(17)23-21/h7-13H,1-6H3. The lowest BCUT2D eigenvalue weighted by atomic mass is 9.85. The first-order valence-corrected chi connectivity index (χ1v) is 8.61. The Morgan fingerprint density at radius 2 is 1.50 bits per heavy atom. The number of rotatable bonds is 4. The normalized spacial score (nSPS) is 13.1. The highest BCUT2D eigenvalue weighted by molar-refractivity contribution is 6.41. The van der Waals surface area contributed by atoms with Crippen LogP contribution in [-0.2, 0) is 0 Å². The van der Waals surface area contributed by atoms with Crippen LogP contribution in [0.4, 0.5) is 0 Å². The molecule has 0 saturated heterocycles. The Morgan fingerprint density at radius 1 is 0.917 bits per heavy atom. The summed E-state index contributed by atoms with van der Waals surface area (Å²) in [5, 5.41) is 0. The summed E-state index contributed by atoms with van der Waals surface area (Å²) in [5.41, 5.74) is 5.05. The van der Waals surface area contributed by atoms with Crippen molar-refractivity contribution in [2.75, 3.05) is 0 Å². The molecule has 0 bridgehead atoms. The van der Waals surface area contributed by atoms with Crippen LogP contribution < -0.4 is 14.0 Å². The van der Waals surface area contributed by atoms with Gasteiger partial charge in [-0.1, -0.05) is 45.9 Å². The predicted octanol–water partition coefficient (Wildman–Crippen LogP) is 5.39. The lowest BCUT2D eigenvalue weighted by molar-refractivity contribution is 0.348. The van der Waals surface area contributed by atoms with E-state index < -0.39 is 7.32 Å². The summed E-state index contributed by atoms with van der Waals surface area (Å²) < 4.78 is 17.6. The molecule has 0 unspecified atom stereocenters. The smallest absolute Gasteiger partial charge is 0.489 e. The first-order valence-electron chi connectivity index (χ1n) is 8.61. The Labute approximate surface area is 145 Å². The molecule has 0 amide bonds. The molecule has 24 heavy (non-hydrogen) atoms. The quantitative estimate of drug-likeness (QED) is 0.706. The van der Waals surface area contributed by atoms with Gasteiger partial charge >= 0.3 is 7.32 Å². The molecule has 1 heterocycles. The fourth-order valence-corrected chi connectivity index (χ4v) is 3.46.